The van der Waals surface area contributed by atoms with Crippen LogP contribution < -0.4 is 5.32 Å². The van der Waals surface area contributed by atoms with Crippen LogP contribution in [0.4, 0.5) is 10.1 Å². The molecule has 1 unspecified atom stereocenters. The Kier molecular flexibility index (Phi) is 4.70. The molecule has 1 atom stereocenters. The van der Waals surface area contributed by atoms with Crippen LogP contribution in [0, 0.1) is 5.82 Å². The SMILES string of the molecule is CC(Nc1ccc(F)c(C(=O)O)c1)c1ccc(Cl)cc1Cl. The van der Waals surface area contributed by atoms with Crippen LogP contribution in [0.2, 0.25) is 10.0 Å². The highest BCUT2D eigenvalue weighted by molar-refractivity contribution is 6.35. The molecule has 6 heteroatoms. The molecule has 0 aliphatic carbocycles. The first-order chi connectivity index (χ1) is 9.88. The standard InChI is InChI=1S/C15H12Cl2FNO2/c1-8(11-4-2-9(16)6-13(11)17)19-10-3-5-14(18)12(7-10)15(20)21/h2-8,19H,1H3,(H,20,21). The highest BCUT2D eigenvalue weighted by atomic mass is 35.5. The molecule has 0 radical (unpaired) electrons. The minimum Gasteiger partial charge on any atom is -0.478 e. The van der Waals surface area contributed by atoms with E-state index < -0.39 is 11.8 Å². The third-order valence-corrected chi connectivity index (χ3v) is 3.57. The van der Waals surface area contributed by atoms with Gasteiger partial charge in [-0.25, -0.2) is 9.18 Å². The predicted molar refractivity (Wildman–Crippen MR) is 81.9 cm³/mol. The van der Waals surface area contributed by atoms with Crippen LogP contribution in [0.1, 0.15) is 28.9 Å². The van der Waals surface area contributed by atoms with Crippen LogP contribution in [0.15, 0.2) is 36.4 Å². The summed E-state index contributed by atoms with van der Waals surface area (Å²) in [6, 6.07) is 8.77. The van der Waals surface area contributed by atoms with Crippen LogP contribution in [0.3, 0.4) is 0 Å². The van der Waals surface area contributed by atoms with Crippen LogP contribution >= 0.6 is 23.2 Å². The molecule has 3 nitrogen and oxygen atoms in total. The molecule has 0 saturated heterocycles. The maximum absolute atomic E-state index is 13.3. The number of halogens is 3. The highest BCUT2D eigenvalue weighted by Gasteiger charge is 2.14. The fourth-order valence-corrected chi connectivity index (χ4v) is 2.53. The van der Waals surface area contributed by atoms with Gasteiger partial charge in [0, 0.05) is 21.8 Å². The molecule has 2 N–H and O–H groups in total. The van der Waals surface area contributed by atoms with Crippen LogP contribution in [0.5, 0.6) is 0 Å². The van der Waals surface area contributed by atoms with Crippen molar-refractivity contribution in [2.24, 2.45) is 0 Å². The fourth-order valence-electron chi connectivity index (χ4n) is 1.96. The first-order valence-electron chi connectivity index (χ1n) is 6.13. The first-order valence-corrected chi connectivity index (χ1v) is 6.88. The Balaban J connectivity index is 2.25. The number of aromatic carboxylic acids is 1. The molecule has 2 aromatic carbocycles. The third kappa shape index (κ3) is 3.65. The molecule has 2 rings (SSSR count). The van der Waals surface area contributed by atoms with E-state index in [1.807, 2.05) is 6.92 Å². The number of nitrogens with one attached hydrogen (secondary N) is 1. The minimum absolute atomic E-state index is 0.193. The van der Waals surface area contributed by atoms with Gasteiger partial charge in [0.05, 0.1) is 5.56 Å². The van der Waals surface area contributed by atoms with Gasteiger partial charge in [0.1, 0.15) is 5.82 Å². The van der Waals surface area contributed by atoms with Gasteiger partial charge in [-0.2, -0.15) is 0 Å². The lowest BCUT2D eigenvalue weighted by Gasteiger charge is -2.17. The van der Waals surface area contributed by atoms with E-state index in [4.69, 9.17) is 28.3 Å². The van der Waals surface area contributed by atoms with Crippen LogP contribution in [-0.2, 0) is 0 Å². The molecule has 0 aromatic heterocycles. The average Bonchev–Trinajstić information content (AvgIpc) is 2.40. The van der Waals surface area contributed by atoms with Crippen molar-refractivity contribution >= 4 is 34.9 Å². The number of hydrogen-bond donors (Lipinski definition) is 2. The molecule has 0 fully saturated rings. The van der Waals surface area contributed by atoms with Crippen molar-refractivity contribution in [2.75, 3.05) is 5.32 Å². The number of carboxylic acid groups (broad SMARTS) is 1. The van der Waals surface area contributed by atoms with Crippen molar-refractivity contribution in [1.82, 2.24) is 0 Å². The Bertz CT molecular complexity index is 691. The Morgan fingerprint density at radius 1 is 1.24 bits per heavy atom. The average molecular weight is 328 g/mol. The molecule has 0 amide bonds. The van der Waals surface area contributed by atoms with E-state index in [9.17, 15) is 9.18 Å². The monoisotopic (exact) mass is 327 g/mol. The number of rotatable bonds is 4. The largest absolute Gasteiger partial charge is 0.478 e. The van der Waals surface area contributed by atoms with E-state index in [1.54, 1.807) is 18.2 Å². The zero-order valence-corrected chi connectivity index (χ0v) is 12.5. The fraction of sp³-hybridized carbons (Fsp3) is 0.133. The number of carboxylic acids is 1. The Labute approximate surface area is 131 Å². The second kappa shape index (κ2) is 6.33. The normalized spacial score (nSPS) is 12.0. The van der Waals surface area contributed by atoms with Crippen molar-refractivity contribution < 1.29 is 14.3 Å². The van der Waals surface area contributed by atoms with Crippen molar-refractivity contribution in [3.63, 3.8) is 0 Å². The van der Waals surface area contributed by atoms with E-state index in [0.29, 0.717) is 15.7 Å². The number of anilines is 1. The molecule has 0 aliphatic heterocycles. The Morgan fingerprint density at radius 2 is 1.95 bits per heavy atom. The topological polar surface area (TPSA) is 49.3 Å². The van der Waals surface area contributed by atoms with E-state index in [0.717, 1.165) is 11.6 Å². The van der Waals surface area contributed by atoms with Crippen molar-refractivity contribution in [3.05, 3.63) is 63.4 Å². The van der Waals surface area contributed by atoms with Crippen LogP contribution in [-0.4, -0.2) is 11.1 Å². The molecule has 21 heavy (non-hydrogen) atoms. The zero-order valence-electron chi connectivity index (χ0n) is 11.0. The maximum Gasteiger partial charge on any atom is 0.338 e. The zero-order chi connectivity index (χ0) is 15.6. The number of benzene rings is 2. The summed E-state index contributed by atoms with van der Waals surface area (Å²) < 4.78 is 13.3. The Hall–Kier alpha value is -1.78. The molecule has 0 bridgehead atoms. The van der Waals surface area contributed by atoms with Crippen molar-refractivity contribution in [1.29, 1.82) is 0 Å². The summed E-state index contributed by atoms with van der Waals surface area (Å²) in [5, 5.41) is 13.0. The summed E-state index contributed by atoms with van der Waals surface area (Å²) >= 11 is 12.0. The molecule has 0 saturated carbocycles. The van der Waals surface area contributed by atoms with Gasteiger partial charge < -0.3 is 10.4 Å². The van der Waals surface area contributed by atoms with Gasteiger partial charge in [0.2, 0.25) is 0 Å². The van der Waals surface area contributed by atoms with Gasteiger partial charge >= 0.3 is 5.97 Å². The molecule has 2 aromatic rings. The third-order valence-electron chi connectivity index (χ3n) is 3.01. The van der Waals surface area contributed by atoms with Gasteiger partial charge in [0.15, 0.2) is 0 Å². The van der Waals surface area contributed by atoms with E-state index >= 15 is 0 Å². The predicted octanol–water partition coefficient (Wildman–Crippen LogP) is 5.00. The molecular formula is C15H12Cl2FNO2. The Morgan fingerprint density at radius 3 is 2.57 bits per heavy atom. The second-order valence-electron chi connectivity index (χ2n) is 4.53. The smallest absolute Gasteiger partial charge is 0.338 e. The summed E-state index contributed by atoms with van der Waals surface area (Å²) in [4.78, 5) is 10.9. The molecule has 110 valence electrons. The first kappa shape index (κ1) is 15.6. The number of hydrogen-bond acceptors (Lipinski definition) is 2. The van der Waals surface area contributed by atoms with E-state index in [1.165, 1.54) is 12.1 Å². The second-order valence-corrected chi connectivity index (χ2v) is 5.38. The van der Waals surface area contributed by atoms with E-state index in [-0.39, 0.29) is 11.6 Å². The molecule has 0 heterocycles. The summed E-state index contributed by atoms with van der Waals surface area (Å²) in [5.41, 5.74) is 0.920. The van der Waals surface area contributed by atoms with Gasteiger partial charge in [-0.1, -0.05) is 29.3 Å². The lowest BCUT2D eigenvalue weighted by atomic mass is 10.1. The van der Waals surface area contributed by atoms with Crippen LogP contribution in [0.25, 0.3) is 0 Å². The van der Waals surface area contributed by atoms with Crippen molar-refractivity contribution in [2.45, 2.75) is 13.0 Å². The lowest BCUT2D eigenvalue weighted by Crippen LogP contribution is -2.09. The highest BCUT2D eigenvalue weighted by Crippen LogP contribution is 2.29. The number of carbonyl (C=O) groups is 1. The van der Waals surface area contributed by atoms with Gasteiger partial charge in [0.25, 0.3) is 0 Å². The molecular weight excluding hydrogens is 316 g/mol. The molecule has 0 spiro atoms. The van der Waals surface area contributed by atoms with Gasteiger partial charge in [-0.05, 0) is 42.8 Å². The summed E-state index contributed by atoms with van der Waals surface area (Å²) in [6.45, 7) is 1.86. The van der Waals surface area contributed by atoms with E-state index in [2.05, 4.69) is 5.32 Å². The van der Waals surface area contributed by atoms with Gasteiger partial charge in [-0.15, -0.1) is 0 Å². The lowest BCUT2D eigenvalue weighted by molar-refractivity contribution is 0.0692. The maximum atomic E-state index is 13.3. The summed E-state index contributed by atoms with van der Waals surface area (Å²) in [6.07, 6.45) is 0. The minimum atomic E-state index is -1.31. The molecule has 0 aliphatic rings. The summed E-state index contributed by atoms with van der Waals surface area (Å²) in [7, 11) is 0. The quantitative estimate of drug-likeness (QED) is 0.830. The van der Waals surface area contributed by atoms with Gasteiger partial charge in [-0.3, -0.25) is 0 Å². The van der Waals surface area contributed by atoms with Crippen molar-refractivity contribution in [3.8, 4) is 0 Å². The summed E-state index contributed by atoms with van der Waals surface area (Å²) in [5.74, 6) is -2.08.